The summed E-state index contributed by atoms with van der Waals surface area (Å²) in [6.07, 6.45) is 10.9. The summed E-state index contributed by atoms with van der Waals surface area (Å²) in [7, 11) is 2.71. The lowest BCUT2D eigenvalue weighted by atomic mass is 9.81. The van der Waals surface area contributed by atoms with E-state index >= 15 is 0 Å². The third-order valence-corrected chi connectivity index (χ3v) is 6.65. The maximum absolute atomic E-state index is 13.4. The molecule has 4 amide bonds. The molecule has 1 fully saturated rings. The monoisotopic (exact) mass is 516 g/mol. The van der Waals surface area contributed by atoms with Gasteiger partial charge in [-0.1, -0.05) is 85.0 Å². The van der Waals surface area contributed by atoms with Crippen molar-refractivity contribution in [2.75, 3.05) is 7.05 Å². The van der Waals surface area contributed by atoms with Gasteiger partial charge in [0, 0.05) is 31.5 Å². The van der Waals surface area contributed by atoms with E-state index in [9.17, 15) is 29.1 Å². The number of hydrogen-bond donors (Lipinski definition) is 2. The van der Waals surface area contributed by atoms with Gasteiger partial charge >= 0.3 is 11.7 Å². The van der Waals surface area contributed by atoms with Gasteiger partial charge in [-0.05, 0) is 6.42 Å². The number of likely N-dealkylation sites (N-methyl/N-ethyl adjacent to an activating group) is 1. The first kappa shape index (κ1) is 29.8. The van der Waals surface area contributed by atoms with Gasteiger partial charge in [-0.2, -0.15) is 0 Å². The average molecular weight is 517 g/mol. The number of nitrogens with one attached hydrogen (secondary N) is 1. The molecule has 10 heteroatoms. The Morgan fingerprint density at radius 3 is 2.11 bits per heavy atom. The number of hydrogen-bond acceptors (Lipinski definition) is 6. The Kier molecular flexibility index (Phi) is 9.46. The number of nitrogens with zero attached hydrogens (tertiary/aromatic N) is 3. The Labute approximate surface area is 217 Å². The highest BCUT2D eigenvalue weighted by molar-refractivity contribution is 6.28. The highest BCUT2D eigenvalue weighted by Gasteiger charge is 2.35. The minimum atomic E-state index is -0.989. The molecule has 2 heterocycles. The molecule has 0 saturated carbocycles. The highest BCUT2D eigenvalue weighted by Crippen LogP contribution is 2.31. The largest absolute Gasteiger partial charge is 0.494 e. The Hall–Kier alpha value is -3.43. The van der Waals surface area contributed by atoms with Gasteiger partial charge in [-0.25, -0.2) is 9.59 Å². The van der Waals surface area contributed by atoms with Crippen molar-refractivity contribution < 1.29 is 19.5 Å². The average Bonchev–Trinajstić information content (AvgIpc) is 2.82. The molecule has 0 radical (unpaired) electrons. The number of urea groups is 1. The molecule has 10 nitrogen and oxygen atoms in total. The van der Waals surface area contributed by atoms with Crippen molar-refractivity contribution in [2.45, 2.75) is 85.1 Å². The van der Waals surface area contributed by atoms with Crippen LogP contribution in [0.5, 0.6) is 5.88 Å². The molecule has 2 N–H and O–H groups in total. The molecule has 204 valence electrons. The number of unbranched alkanes of at least 4 members (excludes halogenated alkanes) is 5. The summed E-state index contributed by atoms with van der Waals surface area (Å²) in [6, 6.07) is -0.788. The molecule has 37 heavy (non-hydrogen) atoms. The topological polar surface area (TPSA) is 131 Å². The van der Waals surface area contributed by atoms with E-state index < -0.39 is 45.8 Å². The molecular formula is C27H40N4O6. The zero-order valence-corrected chi connectivity index (χ0v) is 23.0. The van der Waals surface area contributed by atoms with Crippen molar-refractivity contribution in [2.24, 2.45) is 12.5 Å². The molecule has 1 aromatic heterocycles. The Morgan fingerprint density at radius 2 is 1.49 bits per heavy atom. The summed E-state index contributed by atoms with van der Waals surface area (Å²) in [5, 5.41) is 12.9. The summed E-state index contributed by atoms with van der Waals surface area (Å²) in [4.78, 5) is 63.3. The number of aromatic nitrogens is 2. The molecule has 0 bridgehead atoms. The lowest BCUT2D eigenvalue weighted by Crippen LogP contribution is -2.52. The van der Waals surface area contributed by atoms with Crippen LogP contribution in [0.4, 0.5) is 4.79 Å². The molecule has 2 rings (SSSR count). The van der Waals surface area contributed by atoms with Crippen LogP contribution in [0.1, 0.15) is 78.7 Å². The van der Waals surface area contributed by atoms with E-state index in [1.807, 2.05) is 0 Å². The van der Waals surface area contributed by atoms with E-state index in [-0.39, 0.29) is 17.7 Å². The number of aromatic hydroxyl groups is 1. The second-order valence-electron chi connectivity index (χ2n) is 10.8. The fourth-order valence-corrected chi connectivity index (χ4v) is 4.24. The number of rotatable bonds is 11. The maximum Gasteiger partial charge on any atom is 0.333 e. The lowest BCUT2D eigenvalue weighted by Gasteiger charge is -2.27. The van der Waals surface area contributed by atoms with Gasteiger partial charge in [0.1, 0.15) is 5.57 Å². The maximum atomic E-state index is 13.4. The summed E-state index contributed by atoms with van der Waals surface area (Å²) in [5.41, 5.74) is -3.00. The summed E-state index contributed by atoms with van der Waals surface area (Å²) in [5.74, 6) is -1.88. The molecule has 0 unspecified atom stereocenters. The van der Waals surface area contributed by atoms with E-state index in [0.717, 1.165) is 41.6 Å². The van der Waals surface area contributed by atoms with Crippen LogP contribution in [0.25, 0.3) is 0 Å². The zero-order valence-electron chi connectivity index (χ0n) is 23.0. The fourth-order valence-electron chi connectivity index (χ4n) is 4.24. The van der Waals surface area contributed by atoms with Gasteiger partial charge in [0.25, 0.3) is 17.4 Å². The van der Waals surface area contributed by atoms with E-state index in [1.54, 1.807) is 39.8 Å². The van der Waals surface area contributed by atoms with Crippen LogP contribution in [-0.2, 0) is 28.6 Å². The predicted octanol–water partition coefficient (Wildman–Crippen LogP) is 3.11. The molecule has 0 aromatic carbocycles. The summed E-state index contributed by atoms with van der Waals surface area (Å²) >= 11 is 0. The quantitative estimate of drug-likeness (QED) is 0.201. The SMILES string of the molecule is CCCCCCCCn1c(=O)c(C(C)(C)C=CC(C)(C)/C=C2/C(=O)NC(=O)N(C)C2=O)c(O)n(C)c1=O. The number of carbonyl (C=O) groups excluding carboxylic acids is 3. The van der Waals surface area contributed by atoms with E-state index in [2.05, 4.69) is 12.2 Å². The van der Waals surface area contributed by atoms with Crippen LogP contribution in [0.15, 0.2) is 33.4 Å². The van der Waals surface area contributed by atoms with Gasteiger partial charge in [0.05, 0.1) is 5.56 Å². The minimum absolute atomic E-state index is 0.0806. The standard InChI is InChI=1S/C27H40N4O6/c1-8-9-10-11-12-13-16-31-23(35)19(22(34)30(7)25(31)37)27(4,5)15-14-26(2,3)17-18-20(32)28-24(36)29(6)21(18)33/h14-15,17,34H,8-13,16H2,1-7H3,(H,28,32,36)/b15-14?,18-17-. The second kappa shape index (κ2) is 11.7. The van der Waals surface area contributed by atoms with Crippen LogP contribution in [0.3, 0.4) is 0 Å². The van der Waals surface area contributed by atoms with Crippen molar-refractivity contribution in [1.29, 1.82) is 0 Å². The van der Waals surface area contributed by atoms with Crippen LogP contribution in [-0.4, -0.2) is 44.0 Å². The normalized spacial score (nSPS) is 16.2. The molecule has 1 aliphatic rings. The number of imide groups is 2. The minimum Gasteiger partial charge on any atom is -0.494 e. The number of allylic oxidation sites excluding steroid dienone is 3. The van der Waals surface area contributed by atoms with Gasteiger partial charge < -0.3 is 5.11 Å². The van der Waals surface area contributed by atoms with Gasteiger partial charge in [0.15, 0.2) is 0 Å². The molecule has 1 saturated heterocycles. The molecule has 0 atom stereocenters. The van der Waals surface area contributed by atoms with E-state index in [0.29, 0.717) is 6.42 Å². The Bertz CT molecular complexity index is 1230. The zero-order chi connectivity index (χ0) is 28.1. The molecule has 0 aliphatic carbocycles. The van der Waals surface area contributed by atoms with Crippen LogP contribution in [0, 0.1) is 5.41 Å². The first-order valence-corrected chi connectivity index (χ1v) is 12.7. The Morgan fingerprint density at radius 1 is 0.892 bits per heavy atom. The van der Waals surface area contributed by atoms with Gasteiger partial charge in [-0.3, -0.25) is 33.7 Å². The van der Waals surface area contributed by atoms with Crippen molar-refractivity contribution in [3.63, 3.8) is 0 Å². The second-order valence-corrected chi connectivity index (χ2v) is 10.8. The van der Waals surface area contributed by atoms with Gasteiger partial charge in [0.2, 0.25) is 5.88 Å². The van der Waals surface area contributed by atoms with Crippen molar-refractivity contribution in [3.05, 3.63) is 50.2 Å². The summed E-state index contributed by atoms with van der Waals surface area (Å²) < 4.78 is 2.25. The Balaban J connectivity index is 2.38. The first-order chi connectivity index (χ1) is 17.1. The molecular weight excluding hydrogens is 476 g/mol. The number of barbiturate groups is 1. The fraction of sp³-hybridized carbons (Fsp3) is 0.593. The molecule has 0 spiro atoms. The molecule has 1 aromatic rings. The van der Waals surface area contributed by atoms with Crippen LogP contribution in [0.2, 0.25) is 0 Å². The smallest absolute Gasteiger partial charge is 0.333 e. The van der Waals surface area contributed by atoms with Crippen LogP contribution >= 0.6 is 0 Å². The van der Waals surface area contributed by atoms with Crippen molar-refractivity contribution >= 4 is 17.8 Å². The van der Waals surface area contributed by atoms with Gasteiger partial charge in [-0.15, -0.1) is 0 Å². The van der Waals surface area contributed by atoms with Crippen LogP contribution < -0.4 is 16.6 Å². The van der Waals surface area contributed by atoms with Crippen molar-refractivity contribution in [1.82, 2.24) is 19.4 Å². The summed E-state index contributed by atoms with van der Waals surface area (Å²) in [6.45, 7) is 9.43. The number of carbonyl (C=O) groups is 3. The predicted molar refractivity (Wildman–Crippen MR) is 141 cm³/mol. The van der Waals surface area contributed by atoms with E-state index in [4.69, 9.17) is 0 Å². The first-order valence-electron chi connectivity index (χ1n) is 12.7. The highest BCUT2D eigenvalue weighted by atomic mass is 16.3. The number of amides is 4. The third kappa shape index (κ3) is 6.87. The van der Waals surface area contributed by atoms with Crippen molar-refractivity contribution in [3.8, 4) is 5.88 Å². The lowest BCUT2D eigenvalue weighted by molar-refractivity contribution is -0.129. The third-order valence-electron chi connectivity index (χ3n) is 6.65. The van der Waals surface area contributed by atoms with E-state index in [1.165, 1.54) is 24.7 Å². The molecule has 1 aliphatic heterocycles.